The number of hydrogen-bond donors (Lipinski definition) is 1. The maximum Gasteiger partial charge on any atom is 0.308 e. The van der Waals surface area contributed by atoms with Gasteiger partial charge in [0.05, 0.1) is 11.8 Å². The van der Waals surface area contributed by atoms with E-state index < -0.39 is 5.97 Å². The van der Waals surface area contributed by atoms with Crippen LogP contribution in [-0.2, 0) is 14.3 Å². The van der Waals surface area contributed by atoms with E-state index in [1.165, 1.54) is 64.2 Å². The second kappa shape index (κ2) is 14.6. The topological polar surface area (TPSA) is 63.6 Å². The van der Waals surface area contributed by atoms with Crippen LogP contribution in [0.4, 0.5) is 0 Å². The lowest BCUT2D eigenvalue weighted by Gasteiger charge is -2.61. The number of fused-ring (bicyclic) bond motifs is 5. The molecule has 11 atom stereocenters. The Bertz CT molecular complexity index is 852. The van der Waals surface area contributed by atoms with Crippen molar-refractivity contribution < 1.29 is 19.4 Å². The van der Waals surface area contributed by atoms with Crippen molar-refractivity contribution in [1.82, 2.24) is 0 Å². The maximum atomic E-state index is 12.4. The van der Waals surface area contributed by atoms with Crippen molar-refractivity contribution in [3.8, 4) is 0 Å². The minimum Gasteiger partial charge on any atom is -0.481 e. The molecule has 0 amide bonds. The third-order valence-corrected chi connectivity index (χ3v) is 13.2. The number of carbonyl (C=O) groups is 2. The highest BCUT2D eigenvalue weighted by molar-refractivity contribution is 5.72. The van der Waals surface area contributed by atoms with Crippen LogP contribution in [0.3, 0.4) is 0 Å². The molecule has 0 aliphatic heterocycles. The Morgan fingerprint density at radius 3 is 2.02 bits per heavy atom. The predicted molar refractivity (Wildman–Crippen MR) is 169 cm³/mol. The fourth-order valence-corrected chi connectivity index (χ4v) is 9.97. The standard InChI is InChI=1S/C32H56O2.C5H10O2/c1-8-22(4)30(33)34-25-16-18-31(6)24(20-25)12-13-26-28-15-14-27(23(5)11-9-10-21(2)3)32(28,7)19-17-29(26)31;1-3-4(2)5(6)7/h21-29H,8-20H2,1-7H3;4H,3H2,1-2H3,(H,6,7). The van der Waals surface area contributed by atoms with Crippen LogP contribution in [-0.4, -0.2) is 23.1 Å². The second-order valence-electron chi connectivity index (χ2n) is 16.0. The molecule has 0 aromatic heterocycles. The lowest BCUT2D eigenvalue weighted by Crippen LogP contribution is -2.54. The van der Waals surface area contributed by atoms with Crippen molar-refractivity contribution in [2.75, 3.05) is 0 Å². The van der Waals surface area contributed by atoms with Crippen LogP contribution in [0.1, 0.15) is 152 Å². The first-order valence-corrected chi connectivity index (χ1v) is 17.7. The molecule has 0 aromatic carbocycles. The van der Waals surface area contributed by atoms with E-state index >= 15 is 0 Å². The van der Waals surface area contributed by atoms with E-state index in [4.69, 9.17) is 9.84 Å². The molecule has 4 rings (SSSR count). The first-order chi connectivity index (χ1) is 19.3. The molecule has 0 spiro atoms. The van der Waals surface area contributed by atoms with Gasteiger partial charge in [-0.15, -0.1) is 0 Å². The Morgan fingerprint density at radius 1 is 0.805 bits per heavy atom. The van der Waals surface area contributed by atoms with Gasteiger partial charge < -0.3 is 9.84 Å². The minimum atomic E-state index is -0.706. The fraction of sp³-hybridized carbons (Fsp3) is 0.946. The van der Waals surface area contributed by atoms with Crippen molar-refractivity contribution >= 4 is 11.9 Å². The molecule has 0 heterocycles. The van der Waals surface area contributed by atoms with E-state index in [0.29, 0.717) is 10.8 Å². The van der Waals surface area contributed by atoms with Crippen LogP contribution in [0.2, 0.25) is 0 Å². The molecule has 4 saturated carbocycles. The smallest absolute Gasteiger partial charge is 0.308 e. The molecule has 0 radical (unpaired) electrons. The summed E-state index contributed by atoms with van der Waals surface area (Å²) in [6.45, 7) is 20.3. The average molecular weight is 575 g/mol. The van der Waals surface area contributed by atoms with Gasteiger partial charge in [0.2, 0.25) is 0 Å². The average Bonchev–Trinajstić information content (AvgIpc) is 3.29. The zero-order valence-corrected chi connectivity index (χ0v) is 28.3. The van der Waals surface area contributed by atoms with Gasteiger partial charge in [0.1, 0.15) is 6.10 Å². The number of carbonyl (C=O) groups excluding carboxylic acids is 1. The molecule has 238 valence electrons. The van der Waals surface area contributed by atoms with Gasteiger partial charge in [0.15, 0.2) is 0 Å². The van der Waals surface area contributed by atoms with E-state index in [1.54, 1.807) is 6.92 Å². The largest absolute Gasteiger partial charge is 0.481 e. The van der Waals surface area contributed by atoms with Gasteiger partial charge in [-0.1, -0.05) is 81.6 Å². The lowest BCUT2D eigenvalue weighted by atomic mass is 9.44. The Balaban J connectivity index is 0.000000587. The summed E-state index contributed by atoms with van der Waals surface area (Å²) in [5.41, 5.74) is 1.06. The third-order valence-electron chi connectivity index (χ3n) is 13.2. The molecule has 0 aromatic rings. The third kappa shape index (κ3) is 7.72. The number of aliphatic carboxylic acids is 1. The van der Waals surface area contributed by atoms with Gasteiger partial charge in [0.25, 0.3) is 0 Å². The molecule has 1 N–H and O–H groups in total. The Hall–Kier alpha value is -1.06. The molecule has 0 bridgehead atoms. The van der Waals surface area contributed by atoms with Crippen molar-refractivity contribution in [3.05, 3.63) is 0 Å². The van der Waals surface area contributed by atoms with Gasteiger partial charge in [-0.25, -0.2) is 0 Å². The fourth-order valence-electron chi connectivity index (χ4n) is 9.97. The highest BCUT2D eigenvalue weighted by atomic mass is 16.5. The predicted octanol–water partition coefficient (Wildman–Crippen LogP) is 10.2. The van der Waals surface area contributed by atoms with E-state index in [9.17, 15) is 9.59 Å². The number of esters is 1. The van der Waals surface area contributed by atoms with Gasteiger partial charge >= 0.3 is 11.9 Å². The number of ether oxygens (including phenoxy) is 1. The summed E-state index contributed by atoms with van der Waals surface area (Å²) >= 11 is 0. The van der Waals surface area contributed by atoms with Gasteiger partial charge in [0, 0.05) is 0 Å². The molecule has 4 nitrogen and oxygen atoms in total. The van der Waals surface area contributed by atoms with Crippen LogP contribution >= 0.6 is 0 Å². The monoisotopic (exact) mass is 574 g/mol. The summed E-state index contributed by atoms with van der Waals surface area (Å²) in [5, 5.41) is 8.18. The van der Waals surface area contributed by atoms with E-state index in [0.717, 1.165) is 67.1 Å². The SMILES string of the molecule is CCC(C)C(=O)O.CCC(C)C(=O)OC1CCC2(C)C(CCC3C2CCC2(C)C(C(C)CCCC(C)C)CCC32)C1. The Kier molecular flexibility index (Phi) is 12.3. The summed E-state index contributed by atoms with van der Waals surface area (Å²) in [4.78, 5) is 22.4. The molecule has 4 aliphatic carbocycles. The number of carboxylic acids is 1. The van der Waals surface area contributed by atoms with Crippen LogP contribution in [0.5, 0.6) is 0 Å². The lowest BCUT2D eigenvalue weighted by molar-refractivity contribution is -0.166. The molecular weight excluding hydrogens is 508 g/mol. The normalized spacial score (nSPS) is 38.4. The van der Waals surface area contributed by atoms with Crippen LogP contribution in [0.25, 0.3) is 0 Å². The van der Waals surface area contributed by atoms with Crippen molar-refractivity contribution in [2.24, 2.45) is 64.1 Å². The summed E-state index contributed by atoms with van der Waals surface area (Å²) in [5.74, 6) is 5.47. The van der Waals surface area contributed by atoms with Gasteiger partial charge in [-0.3, -0.25) is 9.59 Å². The molecular formula is C37H66O4. The number of rotatable bonds is 10. The highest BCUT2D eigenvalue weighted by Crippen LogP contribution is 2.68. The van der Waals surface area contributed by atoms with Crippen molar-refractivity contribution in [3.63, 3.8) is 0 Å². The van der Waals surface area contributed by atoms with Gasteiger partial charge in [-0.2, -0.15) is 0 Å². The first kappa shape index (κ1) is 34.4. The number of carboxylic acid groups (broad SMARTS) is 1. The van der Waals surface area contributed by atoms with E-state index in [1.807, 2.05) is 13.8 Å². The zero-order valence-electron chi connectivity index (χ0n) is 28.3. The molecule has 4 heteroatoms. The molecule has 11 unspecified atom stereocenters. The summed E-state index contributed by atoms with van der Waals surface area (Å²) in [6, 6.07) is 0. The van der Waals surface area contributed by atoms with E-state index in [-0.39, 0.29) is 23.9 Å². The molecule has 4 fully saturated rings. The quantitative estimate of drug-likeness (QED) is 0.264. The Labute approximate surface area is 253 Å². The maximum absolute atomic E-state index is 12.4. The zero-order chi connectivity index (χ0) is 30.5. The van der Waals surface area contributed by atoms with E-state index in [2.05, 4.69) is 41.5 Å². The van der Waals surface area contributed by atoms with Crippen molar-refractivity contribution in [2.45, 2.75) is 158 Å². The van der Waals surface area contributed by atoms with Crippen LogP contribution in [0, 0.1) is 64.1 Å². The minimum absolute atomic E-state index is 0.0396. The van der Waals surface area contributed by atoms with Crippen LogP contribution in [0.15, 0.2) is 0 Å². The van der Waals surface area contributed by atoms with Gasteiger partial charge in [-0.05, 0) is 123 Å². The summed E-state index contributed by atoms with van der Waals surface area (Å²) < 4.78 is 6.01. The second-order valence-corrected chi connectivity index (χ2v) is 16.0. The number of hydrogen-bond acceptors (Lipinski definition) is 3. The first-order valence-electron chi connectivity index (χ1n) is 17.7. The molecule has 4 aliphatic rings. The van der Waals surface area contributed by atoms with Crippen LogP contribution < -0.4 is 0 Å². The summed E-state index contributed by atoms with van der Waals surface area (Å²) in [6.07, 6.45) is 18.2. The summed E-state index contributed by atoms with van der Waals surface area (Å²) in [7, 11) is 0. The molecule has 41 heavy (non-hydrogen) atoms. The molecule has 0 saturated heterocycles. The Morgan fingerprint density at radius 2 is 1.44 bits per heavy atom. The highest BCUT2D eigenvalue weighted by Gasteiger charge is 2.60. The van der Waals surface area contributed by atoms with Crippen molar-refractivity contribution in [1.29, 1.82) is 0 Å².